The molecule has 0 N–H and O–H groups in total. The van der Waals surface area contributed by atoms with Crippen molar-refractivity contribution in [3.8, 4) is 0 Å². The van der Waals surface area contributed by atoms with E-state index in [2.05, 4.69) is 27.4 Å². The van der Waals surface area contributed by atoms with E-state index in [1.807, 2.05) is 12.3 Å². The molecule has 2 saturated heterocycles. The SMILES string of the molecule is c1cnc2c(c1)nc(CC1CCCCS1)n2C1CCOC1. The lowest BCUT2D eigenvalue weighted by Crippen LogP contribution is -2.19. The van der Waals surface area contributed by atoms with Gasteiger partial charge >= 0.3 is 0 Å². The average Bonchev–Trinajstić information content (AvgIpc) is 3.14. The van der Waals surface area contributed by atoms with Crippen LogP contribution in [0.3, 0.4) is 0 Å². The van der Waals surface area contributed by atoms with Gasteiger partial charge in [-0.3, -0.25) is 0 Å². The van der Waals surface area contributed by atoms with Crippen LogP contribution >= 0.6 is 11.8 Å². The maximum absolute atomic E-state index is 5.59. The molecule has 2 aliphatic heterocycles. The minimum absolute atomic E-state index is 0.411. The van der Waals surface area contributed by atoms with Crippen molar-refractivity contribution in [2.75, 3.05) is 19.0 Å². The Morgan fingerprint density at radius 3 is 3.14 bits per heavy atom. The molecule has 4 rings (SSSR count). The molecule has 0 radical (unpaired) electrons. The topological polar surface area (TPSA) is 39.9 Å². The van der Waals surface area contributed by atoms with Gasteiger partial charge in [0, 0.05) is 24.5 Å². The molecule has 0 bridgehead atoms. The minimum atomic E-state index is 0.411. The lowest BCUT2D eigenvalue weighted by Gasteiger charge is -2.22. The van der Waals surface area contributed by atoms with Gasteiger partial charge in [0.15, 0.2) is 5.65 Å². The summed E-state index contributed by atoms with van der Waals surface area (Å²) in [5.41, 5.74) is 2.06. The number of ether oxygens (including phenoxy) is 1. The highest BCUT2D eigenvalue weighted by molar-refractivity contribution is 7.99. The summed E-state index contributed by atoms with van der Waals surface area (Å²) in [4.78, 5) is 9.46. The zero-order valence-corrected chi connectivity index (χ0v) is 13.0. The zero-order chi connectivity index (χ0) is 14.1. The van der Waals surface area contributed by atoms with E-state index in [0.29, 0.717) is 6.04 Å². The monoisotopic (exact) mass is 303 g/mol. The summed E-state index contributed by atoms with van der Waals surface area (Å²) in [6.07, 6.45) is 8.07. The van der Waals surface area contributed by atoms with Gasteiger partial charge in [0.2, 0.25) is 0 Å². The first-order valence-corrected chi connectivity index (χ1v) is 8.98. The molecule has 0 aromatic carbocycles. The first-order valence-electron chi connectivity index (χ1n) is 7.93. The lowest BCUT2D eigenvalue weighted by atomic mass is 10.1. The van der Waals surface area contributed by atoms with Gasteiger partial charge < -0.3 is 9.30 Å². The van der Waals surface area contributed by atoms with E-state index < -0.39 is 0 Å². The second-order valence-corrected chi connectivity index (χ2v) is 7.36. The van der Waals surface area contributed by atoms with Crippen LogP contribution in [-0.2, 0) is 11.2 Å². The molecule has 2 aromatic rings. The standard InChI is InChI=1S/C16H21N3OS/c1-2-9-21-13(4-1)10-15-18-14-5-3-7-17-16(14)19(15)12-6-8-20-11-12/h3,5,7,12-13H,1-2,4,6,8-11H2. The second kappa shape index (κ2) is 5.97. The van der Waals surface area contributed by atoms with Crippen molar-refractivity contribution in [3.63, 3.8) is 0 Å². The molecule has 4 nitrogen and oxygen atoms in total. The van der Waals surface area contributed by atoms with Crippen molar-refractivity contribution in [2.45, 2.75) is 43.4 Å². The van der Waals surface area contributed by atoms with Crippen molar-refractivity contribution in [3.05, 3.63) is 24.2 Å². The predicted octanol–water partition coefficient (Wildman–Crippen LogP) is 3.22. The van der Waals surface area contributed by atoms with Gasteiger partial charge in [-0.05, 0) is 37.1 Å². The van der Waals surface area contributed by atoms with E-state index in [0.717, 1.165) is 42.5 Å². The van der Waals surface area contributed by atoms with Gasteiger partial charge in [-0.25, -0.2) is 9.97 Å². The van der Waals surface area contributed by atoms with E-state index >= 15 is 0 Å². The molecule has 2 aromatic heterocycles. The van der Waals surface area contributed by atoms with Crippen molar-refractivity contribution >= 4 is 22.9 Å². The fourth-order valence-electron chi connectivity index (χ4n) is 3.40. The van der Waals surface area contributed by atoms with Gasteiger partial charge in [0.25, 0.3) is 0 Å². The Bertz CT molecular complexity index is 615. The van der Waals surface area contributed by atoms with Gasteiger partial charge in [0.1, 0.15) is 11.3 Å². The van der Waals surface area contributed by atoms with Crippen molar-refractivity contribution in [1.29, 1.82) is 0 Å². The average molecular weight is 303 g/mol. The lowest BCUT2D eigenvalue weighted by molar-refractivity contribution is 0.186. The van der Waals surface area contributed by atoms with Crippen LogP contribution in [-0.4, -0.2) is 38.8 Å². The summed E-state index contributed by atoms with van der Waals surface area (Å²) in [5, 5.41) is 0.719. The van der Waals surface area contributed by atoms with Crippen LogP contribution in [0.4, 0.5) is 0 Å². The molecule has 0 aliphatic carbocycles. The number of hydrogen-bond acceptors (Lipinski definition) is 4. The molecule has 0 amide bonds. The van der Waals surface area contributed by atoms with Crippen molar-refractivity contribution in [1.82, 2.24) is 14.5 Å². The molecule has 0 spiro atoms. The summed E-state index contributed by atoms with van der Waals surface area (Å²) >= 11 is 2.11. The number of thioether (sulfide) groups is 1. The highest BCUT2D eigenvalue weighted by Crippen LogP contribution is 2.31. The molecule has 5 heteroatoms. The summed E-state index contributed by atoms with van der Waals surface area (Å²) in [5.74, 6) is 2.51. The van der Waals surface area contributed by atoms with E-state index in [9.17, 15) is 0 Å². The van der Waals surface area contributed by atoms with Gasteiger partial charge in [-0.2, -0.15) is 11.8 Å². The first kappa shape index (κ1) is 13.6. The Labute approximate surface area is 129 Å². The number of rotatable bonds is 3. The predicted molar refractivity (Wildman–Crippen MR) is 85.8 cm³/mol. The van der Waals surface area contributed by atoms with Crippen LogP contribution in [0.15, 0.2) is 18.3 Å². The maximum atomic E-state index is 5.59. The Morgan fingerprint density at radius 1 is 1.33 bits per heavy atom. The smallest absolute Gasteiger partial charge is 0.160 e. The highest BCUT2D eigenvalue weighted by atomic mass is 32.2. The molecule has 2 atom stereocenters. The van der Waals surface area contributed by atoms with Crippen LogP contribution in [0.25, 0.3) is 11.2 Å². The minimum Gasteiger partial charge on any atom is -0.379 e. The van der Waals surface area contributed by atoms with Crippen LogP contribution in [0.5, 0.6) is 0 Å². The molecule has 21 heavy (non-hydrogen) atoms. The number of aromatic nitrogens is 3. The first-order chi connectivity index (χ1) is 10.4. The molecule has 2 aliphatic rings. The number of imidazole rings is 1. The Kier molecular flexibility index (Phi) is 3.86. The Morgan fingerprint density at radius 2 is 2.33 bits per heavy atom. The highest BCUT2D eigenvalue weighted by Gasteiger charge is 2.26. The summed E-state index contributed by atoms with van der Waals surface area (Å²) < 4.78 is 7.95. The number of nitrogens with zero attached hydrogens (tertiary/aromatic N) is 3. The molecule has 4 heterocycles. The number of hydrogen-bond donors (Lipinski definition) is 0. The fourth-order valence-corrected chi connectivity index (χ4v) is 4.71. The van der Waals surface area contributed by atoms with E-state index in [1.165, 1.54) is 30.8 Å². The summed E-state index contributed by atoms with van der Waals surface area (Å²) in [6, 6.07) is 4.46. The number of fused-ring (bicyclic) bond motifs is 1. The molecular weight excluding hydrogens is 282 g/mol. The number of pyridine rings is 1. The van der Waals surface area contributed by atoms with Crippen LogP contribution in [0.2, 0.25) is 0 Å². The maximum Gasteiger partial charge on any atom is 0.160 e. The Balaban J connectivity index is 1.70. The van der Waals surface area contributed by atoms with Crippen LogP contribution in [0.1, 0.15) is 37.5 Å². The normalized spacial score (nSPS) is 26.5. The fraction of sp³-hybridized carbons (Fsp3) is 0.625. The summed E-state index contributed by atoms with van der Waals surface area (Å²) in [7, 11) is 0. The van der Waals surface area contributed by atoms with Gasteiger partial charge in [-0.1, -0.05) is 6.42 Å². The van der Waals surface area contributed by atoms with Gasteiger partial charge in [-0.15, -0.1) is 0 Å². The largest absolute Gasteiger partial charge is 0.379 e. The quantitative estimate of drug-likeness (QED) is 0.873. The Hall–Kier alpha value is -1.07. The molecular formula is C16H21N3OS. The third-order valence-corrected chi connectivity index (χ3v) is 5.88. The molecule has 0 saturated carbocycles. The second-order valence-electron chi connectivity index (χ2n) is 5.95. The van der Waals surface area contributed by atoms with Crippen molar-refractivity contribution in [2.24, 2.45) is 0 Å². The van der Waals surface area contributed by atoms with Crippen LogP contribution < -0.4 is 0 Å². The molecule has 2 unspecified atom stereocenters. The molecule has 112 valence electrons. The third-order valence-electron chi connectivity index (χ3n) is 4.48. The van der Waals surface area contributed by atoms with Crippen molar-refractivity contribution < 1.29 is 4.74 Å². The van der Waals surface area contributed by atoms with E-state index in [4.69, 9.17) is 9.72 Å². The zero-order valence-electron chi connectivity index (χ0n) is 12.2. The third kappa shape index (κ3) is 2.69. The van der Waals surface area contributed by atoms with E-state index in [1.54, 1.807) is 0 Å². The summed E-state index contributed by atoms with van der Waals surface area (Å²) in [6.45, 7) is 1.65. The van der Waals surface area contributed by atoms with Crippen LogP contribution in [0, 0.1) is 0 Å². The van der Waals surface area contributed by atoms with Gasteiger partial charge in [0.05, 0.1) is 12.6 Å². The van der Waals surface area contributed by atoms with E-state index in [-0.39, 0.29) is 0 Å². The molecule has 2 fully saturated rings.